The number of benzene rings is 1. The number of anilines is 3. The molecule has 4 heterocycles. The molecule has 0 bridgehead atoms. The van der Waals surface area contributed by atoms with Gasteiger partial charge in [0.1, 0.15) is 23.6 Å². The van der Waals surface area contributed by atoms with Gasteiger partial charge >= 0.3 is 6.09 Å². The molecular formula is C30H37N9O2. The van der Waals surface area contributed by atoms with Gasteiger partial charge in [0.2, 0.25) is 5.95 Å². The molecular weight excluding hydrogens is 518 g/mol. The lowest BCUT2D eigenvalue weighted by molar-refractivity contribution is 0.0139. The summed E-state index contributed by atoms with van der Waals surface area (Å²) in [5.74, 6) is 2.21. The molecule has 6 rings (SSSR count). The monoisotopic (exact) mass is 555 g/mol. The maximum Gasteiger partial charge on any atom is 0.410 e. The molecule has 11 heteroatoms. The van der Waals surface area contributed by atoms with Gasteiger partial charge in [0, 0.05) is 56.6 Å². The van der Waals surface area contributed by atoms with Gasteiger partial charge in [0.15, 0.2) is 0 Å². The van der Waals surface area contributed by atoms with Crippen molar-refractivity contribution >= 4 is 34.7 Å². The number of nitrogens with zero attached hydrogens (tertiary/aromatic N) is 6. The number of fused-ring (bicyclic) bond motifs is 1. The second kappa shape index (κ2) is 11.3. The first-order chi connectivity index (χ1) is 19.8. The fourth-order valence-corrected chi connectivity index (χ4v) is 5.02. The molecule has 3 aromatic heterocycles. The Morgan fingerprint density at radius 3 is 2.61 bits per heavy atom. The molecule has 0 unspecified atom stereocenters. The van der Waals surface area contributed by atoms with Crippen LogP contribution in [0, 0.1) is 0 Å². The lowest BCUT2D eigenvalue weighted by atomic mass is 9.93. The molecule has 214 valence electrons. The van der Waals surface area contributed by atoms with E-state index in [1.807, 2.05) is 51.1 Å². The zero-order chi connectivity index (χ0) is 28.4. The summed E-state index contributed by atoms with van der Waals surface area (Å²) in [7, 11) is 0. The van der Waals surface area contributed by atoms with Crippen LogP contribution in [-0.4, -0.2) is 78.6 Å². The Bertz CT molecular complexity index is 1520. The molecule has 11 nitrogen and oxygen atoms in total. The summed E-state index contributed by atoms with van der Waals surface area (Å²) in [5, 5.41) is 6.81. The van der Waals surface area contributed by atoms with E-state index in [1.165, 1.54) is 19.3 Å². The SMILES string of the molecule is CC(C)(C)OC(=O)N1CCN(Cc2ccnc(Nc3nc4ccc(-c5cc(NC6CCC6)ncn5)cc4[nH]3)c2)CC1. The summed E-state index contributed by atoms with van der Waals surface area (Å²) in [5.41, 5.74) is 4.30. The first kappa shape index (κ1) is 26.9. The van der Waals surface area contributed by atoms with Crippen LogP contribution in [0.15, 0.2) is 48.9 Å². The van der Waals surface area contributed by atoms with E-state index in [0.29, 0.717) is 25.1 Å². The molecule has 1 aliphatic carbocycles. The van der Waals surface area contributed by atoms with E-state index in [9.17, 15) is 4.79 Å². The molecule has 0 atom stereocenters. The number of amides is 1. The van der Waals surface area contributed by atoms with E-state index in [4.69, 9.17) is 9.72 Å². The third-order valence-corrected chi connectivity index (χ3v) is 7.40. The number of ether oxygens (including phenoxy) is 1. The molecule has 0 radical (unpaired) electrons. The highest BCUT2D eigenvalue weighted by Gasteiger charge is 2.26. The number of carbonyl (C=O) groups is 1. The molecule has 4 aromatic rings. The zero-order valence-electron chi connectivity index (χ0n) is 23.9. The van der Waals surface area contributed by atoms with E-state index >= 15 is 0 Å². The van der Waals surface area contributed by atoms with Gasteiger partial charge in [-0.3, -0.25) is 4.90 Å². The summed E-state index contributed by atoms with van der Waals surface area (Å²) >= 11 is 0. The Morgan fingerprint density at radius 2 is 1.85 bits per heavy atom. The van der Waals surface area contributed by atoms with Crippen LogP contribution in [0.1, 0.15) is 45.6 Å². The molecule has 2 fully saturated rings. The van der Waals surface area contributed by atoms with Crippen LogP contribution in [0.4, 0.5) is 22.4 Å². The highest BCUT2D eigenvalue weighted by molar-refractivity contribution is 5.83. The molecule has 1 saturated heterocycles. The number of hydrogen-bond donors (Lipinski definition) is 3. The van der Waals surface area contributed by atoms with Crippen molar-refractivity contribution in [1.82, 2.24) is 34.7 Å². The Balaban J connectivity index is 1.08. The average molecular weight is 556 g/mol. The molecule has 3 N–H and O–H groups in total. The van der Waals surface area contributed by atoms with Crippen LogP contribution in [0.5, 0.6) is 0 Å². The predicted molar refractivity (Wildman–Crippen MR) is 159 cm³/mol. The van der Waals surface area contributed by atoms with Crippen LogP contribution in [0.2, 0.25) is 0 Å². The number of carbonyl (C=O) groups excluding carboxylic acids is 1. The summed E-state index contributed by atoms with van der Waals surface area (Å²) in [6.07, 6.45) is 6.84. The Labute approximate surface area is 239 Å². The highest BCUT2D eigenvalue weighted by Crippen LogP contribution is 2.27. The van der Waals surface area contributed by atoms with Crippen molar-refractivity contribution in [2.45, 2.75) is 58.2 Å². The number of rotatable bonds is 7. The van der Waals surface area contributed by atoms with Gasteiger partial charge in [0.25, 0.3) is 0 Å². The number of aromatic amines is 1. The largest absolute Gasteiger partial charge is 0.444 e. The fourth-order valence-electron chi connectivity index (χ4n) is 5.02. The van der Waals surface area contributed by atoms with Crippen LogP contribution in [0.25, 0.3) is 22.3 Å². The maximum absolute atomic E-state index is 12.4. The van der Waals surface area contributed by atoms with Gasteiger partial charge in [-0.2, -0.15) is 0 Å². The normalized spacial score (nSPS) is 16.4. The van der Waals surface area contributed by atoms with Crippen molar-refractivity contribution < 1.29 is 9.53 Å². The molecule has 1 amide bonds. The first-order valence-electron chi connectivity index (χ1n) is 14.3. The van der Waals surface area contributed by atoms with Crippen LogP contribution >= 0.6 is 0 Å². The van der Waals surface area contributed by atoms with Crippen molar-refractivity contribution in [3.05, 3.63) is 54.5 Å². The van der Waals surface area contributed by atoms with Crippen molar-refractivity contribution in [1.29, 1.82) is 0 Å². The van der Waals surface area contributed by atoms with Crippen LogP contribution in [-0.2, 0) is 11.3 Å². The fraction of sp³-hybridized carbons (Fsp3) is 0.433. The Kier molecular flexibility index (Phi) is 7.44. The van der Waals surface area contributed by atoms with Crippen molar-refractivity contribution in [3.63, 3.8) is 0 Å². The van der Waals surface area contributed by atoms with E-state index in [0.717, 1.165) is 59.1 Å². The molecule has 2 aliphatic rings. The third-order valence-electron chi connectivity index (χ3n) is 7.40. The van der Waals surface area contributed by atoms with Gasteiger partial charge in [0.05, 0.1) is 16.7 Å². The third kappa shape index (κ3) is 6.74. The first-order valence-corrected chi connectivity index (χ1v) is 14.3. The minimum atomic E-state index is -0.482. The van der Waals surface area contributed by atoms with E-state index in [-0.39, 0.29) is 6.09 Å². The van der Waals surface area contributed by atoms with Crippen LogP contribution in [0.3, 0.4) is 0 Å². The summed E-state index contributed by atoms with van der Waals surface area (Å²) in [4.78, 5) is 37.9. The van der Waals surface area contributed by atoms with Gasteiger partial charge < -0.3 is 25.3 Å². The number of nitrogens with one attached hydrogen (secondary N) is 3. The number of piperazine rings is 1. The van der Waals surface area contributed by atoms with Crippen molar-refractivity contribution in [3.8, 4) is 11.3 Å². The average Bonchev–Trinajstić information content (AvgIpc) is 3.32. The minimum Gasteiger partial charge on any atom is -0.444 e. The van der Waals surface area contributed by atoms with Crippen LogP contribution < -0.4 is 10.6 Å². The minimum absolute atomic E-state index is 0.242. The highest BCUT2D eigenvalue weighted by atomic mass is 16.6. The summed E-state index contributed by atoms with van der Waals surface area (Å²) in [6, 6.07) is 12.7. The van der Waals surface area contributed by atoms with Gasteiger partial charge in [-0.25, -0.2) is 24.7 Å². The molecule has 1 saturated carbocycles. The van der Waals surface area contributed by atoms with E-state index < -0.39 is 5.60 Å². The number of H-pyrrole nitrogens is 1. The van der Waals surface area contributed by atoms with Gasteiger partial charge in [-0.15, -0.1) is 0 Å². The second-order valence-corrected chi connectivity index (χ2v) is 11.8. The summed E-state index contributed by atoms with van der Waals surface area (Å²) < 4.78 is 5.51. The molecule has 1 aromatic carbocycles. The number of pyridine rings is 1. The standard InChI is InChI=1S/C30H37N9O2/c1-30(2,3)41-29(40)39-13-11-38(12-14-39)18-20-9-10-31-26(15-20)37-28-35-23-8-7-21(16-25(23)36-28)24-17-27(33-19-32-24)34-22-5-4-6-22/h7-10,15-17,19,22H,4-6,11-14,18H2,1-3H3,(H,32,33,34)(H2,31,35,36,37). The van der Waals surface area contributed by atoms with Gasteiger partial charge in [-0.1, -0.05) is 6.07 Å². The van der Waals surface area contributed by atoms with E-state index in [2.05, 4.69) is 41.5 Å². The second-order valence-electron chi connectivity index (χ2n) is 11.8. The predicted octanol–water partition coefficient (Wildman–Crippen LogP) is 5.18. The Hall–Kier alpha value is -4.25. The number of aromatic nitrogens is 5. The van der Waals surface area contributed by atoms with Gasteiger partial charge in [-0.05, 0) is 69.9 Å². The Morgan fingerprint density at radius 1 is 1.02 bits per heavy atom. The molecule has 1 aliphatic heterocycles. The van der Waals surface area contributed by atoms with Crippen molar-refractivity contribution in [2.75, 3.05) is 36.8 Å². The van der Waals surface area contributed by atoms with E-state index in [1.54, 1.807) is 17.4 Å². The smallest absolute Gasteiger partial charge is 0.410 e. The molecule has 0 spiro atoms. The lowest BCUT2D eigenvalue weighted by Crippen LogP contribution is -2.49. The zero-order valence-corrected chi connectivity index (χ0v) is 23.9. The number of hydrogen-bond acceptors (Lipinski definition) is 9. The quantitative estimate of drug-likeness (QED) is 0.283. The topological polar surface area (TPSA) is 124 Å². The molecule has 41 heavy (non-hydrogen) atoms. The lowest BCUT2D eigenvalue weighted by Gasteiger charge is -2.35. The van der Waals surface area contributed by atoms with Crippen molar-refractivity contribution in [2.24, 2.45) is 0 Å². The summed E-state index contributed by atoms with van der Waals surface area (Å²) in [6.45, 7) is 9.34. The maximum atomic E-state index is 12.4. The number of imidazole rings is 1.